The number of tetrazole rings is 1. The number of anilines is 1. The lowest BCUT2D eigenvalue weighted by molar-refractivity contribution is -0.384. The molecule has 0 bridgehead atoms. The third kappa shape index (κ3) is 3.79. The molecule has 0 radical (unpaired) electrons. The number of hydrogen-bond acceptors (Lipinski definition) is 7. The van der Waals surface area contributed by atoms with Gasteiger partial charge in [-0.15, -0.1) is 5.10 Å². The number of rotatable bonds is 4. The molecule has 0 aliphatic rings. The van der Waals surface area contributed by atoms with E-state index in [0.29, 0.717) is 6.54 Å². The Balaban J connectivity index is 2.00. The molecule has 0 saturated carbocycles. The second kappa shape index (κ2) is 6.67. The van der Waals surface area contributed by atoms with Gasteiger partial charge in [-0.05, 0) is 30.4 Å². The van der Waals surface area contributed by atoms with Crippen LogP contribution in [0.1, 0.15) is 17.3 Å². The maximum atomic E-state index is 12.0. The van der Waals surface area contributed by atoms with E-state index in [2.05, 4.69) is 26.0 Å². The Morgan fingerprint density at radius 3 is 2.91 bits per heavy atom. The van der Waals surface area contributed by atoms with Gasteiger partial charge in [0.25, 0.3) is 17.5 Å². The number of aromatic nitrogens is 4. The molecule has 114 valence electrons. The highest BCUT2D eigenvalue weighted by molar-refractivity contribution is 7.80. The fourth-order valence-electron chi connectivity index (χ4n) is 1.50. The molecular weight excluding hydrogens is 310 g/mol. The van der Waals surface area contributed by atoms with Crippen molar-refractivity contribution < 1.29 is 9.72 Å². The largest absolute Gasteiger partial charge is 0.299 e. The highest BCUT2D eigenvalue weighted by Crippen LogP contribution is 2.12. The quantitative estimate of drug-likeness (QED) is 0.479. The zero-order chi connectivity index (χ0) is 16.1. The van der Waals surface area contributed by atoms with Gasteiger partial charge < -0.3 is 0 Å². The predicted octanol–water partition coefficient (Wildman–Crippen LogP) is 0.728. The molecule has 0 aliphatic carbocycles. The van der Waals surface area contributed by atoms with Gasteiger partial charge in [-0.25, -0.2) is 0 Å². The summed E-state index contributed by atoms with van der Waals surface area (Å²) < 4.78 is 0. The molecule has 1 aromatic carbocycles. The molecule has 0 unspecified atom stereocenters. The van der Waals surface area contributed by atoms with E-state index >= 15 is 0 Å². The Labute approximate surface area is 129 Å². The summed E-state index contributed by atoms with van der Waals surface area (Å²) in [6, 6.07) is 5.30. The summed E-state index contributed by atoms with van der Waals surface area (Å²) >= 11 is 4.95. The van der Waals surface area contributed by atoms with Crippen molar-refractivity contribution in [3.05, 3.63) is 39.9 Å². The predicted molar refractivity (Wildman–Crippen MR) is 80.3 cm³/mol. The molecule has 0 spiro atoms. The number of amides is 1. The van der Waals surface area contributed by atoms with Crippen LogP contribution in [0.4, 0.5) is 11.6 Å². The summed E-state index contributed by atoms with van der Waals surface area (Å²) in [5, 5.41) is 27.0. The molecular formula is C11H11N7O3S. The summed E-state index contributed by atoms with van der Waals surface area (Å²) in [4.78, 5) is 23.4. The Morgan fingerprint density at radius 2 is 2.27 bits per heavy atom. The molecule has 1 heterocycles. The van der Waals surface area contributed by atoms with Crippen molar-refractivity contribution in [3.63, 3.8) is 0 Å². The summed E-state index contributed by atoms with van der Waals surface area (Å²) in [7, 11) is 0. The molecule has 2 rings (SSSR count). The number of nitro benzene ring substituents is 1. The lowest BCUT2D eigenvalue weighted by Crippen LogP contribution is -2.34. The first-order valence-corrected chi connectivity index (χ1v) is 6.55. The van der Waals surface area contributed by atoms with E-state index in [9.17, 15) is 14.9 Å². The van der Waals surface area contributed by atoms with Gasteiger partial charge in [-0.1, -0.05) is 11.2 Å². The maximum absolute atomic E-state index is 12.0. The molecule has 0 saturated heterocycles. The number of thiocarbonyl (C=S) groups is 1. The lowest BCUT2D eigenvalue weighted by atomic mass is 10.2. The van der Waals surface area contributed by atoms with E-state index in [0.717, 1.165) is 6.07 Å². The molecule has 2 aromatic rings. The van der Waals surface area contributed by atoms with Crippen LogP contribution in [-0.4, -0.2) is 36.2 Å². The minimum absolute atomic E-state index is 0.0350. The minimum atomic E-state index is -0.583. The van der Waals surface area contributed by atoms with Crippen LogP contribution in [0.25, 0.3) is 0 Å². The van der Waals surface area contributed by atoms with Gasteiger partial charge in [-0.2, -0.15) is 4.80 Å². The lowest BCUT2D eigenvalue weighted by Gasteiger charge is -2.06. The number of nitrogens with zero attached hydrogens (tertiary/aromatic N) is 5. The minimum Gasteiger partial charge on any atom is -0.299 e. The van der Waals surface area contributed by atoms with Crippen molar-refractivity contribution in [3.8, 4) is 0 Å². The molecule has 2 N–H and O–H groups in total. The van der Waals surface area contributed by atoms with E-state index in [-0.39, 0.29) is 22.3 Å². The number of carbonyl (C=O) groups excluding carboxylic acids is 1. The Morgan fingerprint density at radius 1 is 1.50 bits per heavy atom. The fourth-order valence-corrected chi connectivity index (χ4v) is 1.68. The summed E-state index contributed by atoms with van der Waals surface area (Å²) in [6.07, 6.45) is 0. The van der Waals surface area contributed by atoms with E-state index in [4.69, 9.17) is 12.2 Å². The highest BCUT2D eigenvalue weighted by atomic mass is 32.1. The second-order valence-corrected chi connectivity index (χ2v) is 4.43. The Hall–Kier alpha value is -2.95. The van der Waals surface area contributed by atoms with Gasteiger partial charge in [0.05, 0.1) is 11.5 Å². The van der Waals surface area contributed by atoms with Crippen LogP contribution in [-0.2, 0) is 6.54 Å². The molecule has 0 fully saturated rings. The van der Waals surface area contributed by atoms with Gasteiger partial charge in [0, 0.05) is 17.7 Å². The molecule has 0 atom stereocenters. The van der Waals surface area contributed by atoms with Gasteiger partial charge in [-0.3, -0.25) is 25.5 Å². The number of hydrogen-bond donors (Lipinski definition) is 2. The summed E-state index contributed by atoms with van der Waals surface area (Å²) in [5.41, 5.74) is -0.0670. The van der Waals surface area contributed by atoms with E-state index in [1.807, 2.05) is 6.92 Å². The molecule has 1 aromatic heterocycles. The van der Waals surface area contributed by atoms with Gasteiger partial charge in [0.15, 0.2) is 5.11 Å². The Bertz CT molecular complexity index is 730. The fraction of sp³-hybridized carbons (Fsp3) is 0.182. The summed E-state index contributed by atoms with van der Waals surface area (Å²) in [6.45, 7) is 2.38. The number of nitrogens with one attached hydrogen (secondary N) is 2. The molecule has 11 heteroatoms. The Kier molecular flexibility index (Phi) is 4.68. The van der Waals surface area contributed by atoms with Crippen LogP contribution < -0.4 is 10.6 Å². The van der Waals surface area contributed by atoms with Crippen molar-refractivity contribution in [2.45, 2.75) is 13.5 Å². The van der Waals surface area contributed by atoms with Crippen LogP contribution in [0.15, 0.2) is 24.3 Å². The average Bonchev–Trinajstić information content (AvgIpc) is 2.94. The summed E-state index contributed by atoms with van der Waals surface area (Å²) in [5.74, 6) is -0.435. The number of benzene rings is 1. The highest BCUT2D eigenvalue weighted by Gasteiger charge is 2.13. The molecule has 1 amide bonds. The third-order valence-electron chi connectivity index (χ3n) is 2.51. The molecule has 22 heavy (non-hydrogen) atoms. The van der Waals surface area contributed by atoms with E-state index in [1.54, 1.807) is 0 Å². The van der Waals surface area contributed by atoms with Crippen molar-refractivity contribution in [1.82, 2.24) is 25.5 Å². The normalized spacial score (nSPS) is 10.0. The van der Waals surface area contributed by atoms with Crippen molar-refractivity contribution in [2.24, 2.45) is 0 Å². The second-order valence-electron chi connectivity index (χ2n) is 4.02. The van der Waals surface area contributed by atoms with Crippen molar-refractivity contribution >= 4 is 34.9 Å². The SMILES string of the molecule is CCn1nnc(NC(=S)NC(=O)c2cccc([N+](=O)[O-])c2)n1. The van der Waals surface area contributed by atoms with Crippen LogP contribution in [0.3, 0.4) is 0 Å². The number of nitro groups is 1. The van der Waals surface area contributed by atoms with Crippen molar-refractivity contribution in [2.75, 3.05) is 5.32 Å². The number of carbonyl (C=O) groups is 1. The number of aryl methyl sites for hydroxylation is 1. The first kappa shape index (κ1) is 15.4. The molecule has 0 aliphatic heterocycles. The van der Waals surface area contributed by atoms with Gasteiger partial charge in [0.2, 0.25) is 0 Å². The van der Waals surface area contributed by atoms with Gasteiger partial charge in [0.1, 0.15) is 0 Å². The van der Waals surface area contributed by atoms with Crippen LogP contribution >= 0.6 is 12.2 Å². The van der Waals surface area contributed by atoms with E-state index in [1.165, 1.54) is 23.0 Å². The topological polar surface area (TPSA) is 128 Å². The average molecular weight is 321 g/mol. The molecule has 10 nitrogen and oxygen atoms in total. The maximum Gasteiger partial charge on any atom is 0.270 e. The first-order chi connectivity index (χ1) is 10.5. The smallest absolute Gasteiger partial charge is 0.270 e. The van der Waals surface area contributed by atoms with Crippen molar-refractivity contribution in [1.29, 1.82) is 0 Å². The van der Waals surface area contributed by atoms with E-state index < -0.39 is 10.8 Å². The standard InChI is InChI=1S/C11H11N7O3S/c1-2-17-15-10(14-16-17)13-11(22)12-9(19)7-4-3-5-8(6-7)18(20)21/h3-6H,2H2,1H3,(H2,12,13,15,19,22). The van der Waals surface area contributed by atoms with Crippen LogP contribution in [0.5, 0.6) is 0 Å². The third-order valence-corrected chi connectivity index (χ3v) is 2.71. The zero-order valence-corrected chi connectivity index (χ0v) is 12.2. The monoisotopic (exact) mass is 321 g/mol. The first-order valence-electron chi connectivity index (χ1n) is 6.14. The van der Waals surface area contributed by atoms with Crippen LogP contribution in [0.2, 0.25) is 0 Å². The van der Waals surface area contributed by atoms with Gasteiger partial charge >= 0.3 is 0 Å². The van der Waals surface area contributed by atoms with Crippen LogP contribution in [0, 0.1) is 10.1 Å². The number of non-ortho nitro benzene ring substituents is 1. The zero-order valence-electron chi connectivity index (χ0n) is 11.4.